The van der Waals surface area contributed by atoms with Crippen molar-refractivity contribution in [3.63, 3.8) is 0 Å². The minimum atomic E-state index is -2.20. The molecule has 3 nitrogen and oxygen atoms in total. The first-order valence-electron chi connectivity index (χ1n) is 8.05. The van der Waals surface area contributed by atoms with Crippen LogP contribution in [0.1, 0.15) is 11.1 Å². The first kappa shape index (κ1) is 21.9. The molecule has 0 fully saturated rings. The van der Waals surface area contributed by atoms with E-state index in [1.165, 1.54) is 20.2 Å². The number of Topliss-reactive ketones (excluding diaryl/α,β-unsaturated/α-hetero) is 1. The summed E-state index contributed by atoms with van der Waals surface area (Å²) in [6.45, 7) is 8.48. The number of halogens is 2. The van der Waals surface area contributed by atoms with Crippen molar-refractivity contribution >= 4 is 31.9 Å². The van der Waals surface area contributed by atoms with Crippen LogP contribution in [0.4, 0.5) is 0 Å². The minimum Gasteiger partial charge on any atom is -1.00 e. The van der Waals surface area contributed by atoms with Crippen LogP contribution in [-0.2, 0) is 34.1 Å². The molecule has 0 spiro atoms. The fourth-order valence-electron chi connectivity index (χ4n) is 3.69. The van der Waals surface area contributed by atoms with Gasteiger partial charge in [0.15, 0.2) is 0 Å². The van der Waals surface area contributed by atoms with Crippen LogP contribution >= 0.6 is 0 Å². The number of hydrogen-bond donors (Lipinski definition) is 0. The van der Waals surface area contributed by atoms with Crippen LogP contribution in [0.15, 0.2) is 46.0 Å². The first-order valence-corrected chi connectivity index (χ1v) is 14.6. The van der Waals surface area contributed by atoms with Crippen molar-refractivity contribution in [2.75, 3.05) is 7.11 Å². The van der Waals surface area contributed by atoms with Gasteiger partial charge >= 0.3 is 156 Å². The van der Waals surface area contributed by atoms with E-state index in [1.54, 1.807) is 7.11 Å². The number of rotatable bonds is 3. The molecule has 4 rings (SSSR count). The normalized spacial score (nSPS) is 23.1. The van der Waals surface area contributed by atoms with E-state index in [1.807, 2.05) is 6.07 Å². The molecule has 3 aliphatic rings. The zero-order valence-electron chi connectivity index (χ0n) is 15.3. The molecular weight excluding hydrogens is 439 g/mol. The summed E-state index contributed by atoms with van der Waals surface area (Å²) >= 11 is 2.15. The van der Waals surface area contributed by atoms with Gasteiger partial charge in [0.1, 0.15) is 0 Å². The molecule has 1 heterocycles. The van der Waals surface area contributed by atoms with Gasteiger partial charge in [-0.1, -0.05) is 0 Å². The molecule has 1 atom stereocenters. The summed E-state index contributed by atoms with van der Waals surface area (Å²) in [6.07, 6.45) is 0. The average Bonchev–Trinajstić information content (AvgIpc) is 3.03. The van der Waals surface area contributed by atoms with Gasteiger partial charge in [0.2, 0.25) is 0 Å². The van der Waals surface area contributed by atoms with Crippen LogP contribution in [0.2, 0.25) is 26.2 Å². The average molecular weight is 458 g/mol. The summed E-state index contributed by atoms with van der Waals surface area (Å²) in [5.41, 5.74) is 4.54. The van der Waals surface area contributed by atoms with Crippen molar-refractivity contribution in [3.05, 3.63) is 57.1 Å². The van der Waals surface area contributed by atoms with Gasteiger partial charge in [-0.15, -0.1) is 0 Å². The number of ketones is 1. The smallest absolute Gasteiger partial charge is 1.00 e. The van der Waals surface area contributed by atoms with Gasteiger partial charge in [-0.3, -0.25) is 0 Å². The van der Waals surface area contributed by atoms with E-state index in [-0.39, 0.29) is 30.6 Å². The Hall–Kier alpha value is -0.402. The summed E-state index contributed by atoms with van der Waals surface area (Å²) in [4.78, 5) is 13.2. The van der Waals surface area contributed by atoms with E-state index in [9.17, 15) is 4.79 Å². The molecule has 0 radical (unpaired) electrons. The molecule has 0 saturated carbocycles. The van der Waals surface area contributed by atoms with Gasteiger partial charge in [-0.05, 0) is 0 Å². The molecule has 1 aliphatic heterocycles. The van der Waals surface area contributed by atoms with Gasteiger partial charge in [0.05, 0.1) is 0 Å². The summed E-state index contributed by atoms with van der Waals surface area (Å²) in [6, 6.07) is 8.31. The molecule has 1 aromatic carbocycles. The van der Waals surface area contributed by atoms with Crippen LogP contribution in [-0.4, -0.2) is 29.5 Å². The Labute approximate surface area is 180 Å². The molecule has 1 aromatic rings. The zero-order chi connectivity index (χ0) is 17.4. The SMILES string of the molecule is CO[Si]1(C)C2=C1C1=[C]([Ti+2])c3ccccc3C1=C(O[Si](C)(C)C)C2=O.[Cl-].[Cl-]. The Balaban J connectivity index is 0.00000121. The fourth-order valence-corrected chi connectivity index (χ4v) is 8.58. The molecule has 0 amide bonds. The fraction of sp³-hybridized carbons (Fsp3) is 0.278. The third kappa shape index (κ3) is 2.89. The van der Waals surface area contributed by atoms with Crippen LogP contribution in [0, 0.1) is 0 Å². The maximum Gasteiger partial charge on any atom is -1.00 e. The maximum atomic E-state index is 13.2. The third-order valence-corrected chi connectivity index (χ3v) is 9.91. The Morgan fingerprint density at radius 1 is 1.00 bits per heavy atom. The molecule has 0 saturated heterocycles. The van der Waals surface area contributed by atoms with E-state index in [4.69, 9.17) is 8.85 Å². The van der Waals surface area contributed by atoms with Gasteiger partial charge in [-0.25, -0.2) is 0 Å². The molecule has 26 heavy (non-hydrogen) atoms. The van der Waals surface area contributed by atoms with Crippen LogP contribution in [0.25, 0.3) is 9.45 Å². The number of carbonyl (C=O) groups excluding carboxylic acids is 1. The van der Waals surface area contributed by atoms with Crippen LogP contribution in [0.5, 0.6) is 0 Å². The van der Waals surface area contributed by atoms with E-state index in [2.05, 4.69) is 64.8 Å². The number of hydrogen-bond acceptors (Lipinski definition) is 3. The third-order valence-electron chi connectivity index (χ3n) is 4.83. The van der Waals surface area contributed by atoms with E-state index >= 15 is 0 Å². The minimum absolute atomic E-state index is 0. The largest absolute Gasteiger partial charge is 1.00 e. The van der Waals surface area contributed by atoms with Gasteiger partial charge in [0, 0.05) is 0 Å². The molecule has 0 bridgehead atoms. The number of benzene rings is 1. The molecule has 8 heteroatoms. The zero-order valence-corrected chi connectivity index (χ0v) is 20.4. The molecule has 135 valence electrons. The van der Waals surface area contributed by atoms with Crippen LogP contribution < -0.4 is 24.8 Å². The van der Waals surface area contributed by atoms with Gasteiger partial charge in [-0.2, -0.15) is 0 Å². The van der Waals surface area contributed by atoms with Crippen molar-refractivity contribution in [1.82, 2.24) is 0 Å². The monoisotopic (exact) mass is 457 g/mol. The van der Waals surface area contributed by atoms with Crippen molar-refractivity contribution in [2.24, 2.45) is 0 Å². The topological polar surface area (TPSA) is 35.5 Å². The van der Waals surface area contributed by atoms with Gasteiger partial charge < -0.3 is 24.8 Å². The molecular formula is C18H19Cl2O3Si2Ti. The Bertz CT molecular complexity index is 915. The second-order valence-electron chi connectivity index (χ2n) is 7.53. The summed E-state index contributed by atoms with van der Waals surface area (Å²) in [7, 11) is -2.38. The molecule has 1 unspecified atom stereocenters. The predicted molar refractivity (Wildman–Crippen MR) is 95.4 cm³/mol. The first-order chi connectivity index (χ1) is 11.2. The van der Waals surface area contributed by atoms with E-state index in [0.29, 0.717) is 5.76 Å². The Morgan fingerprint density at radius 2 is 1.58 bits per heavy atom. The van der Waals surface area contributed by atoms with Crippen molar-refractivity contribution in [1.29, 1.82) is 0 Å². The second-order valence-corrected chi connectivity index (χ2v) is 16.2. The predicted octanol–water partition coefficient (Wildman–Crippen LogP) is -2.28. The Morgan fingerprint density at radius 3 is 2.12 bits per heavy atom. The van der Waals surface area contributed by atoms with Crippen molar-refractivity contribution in [3.8, 4) is 0 Å². The molecule has 0 aromatic heterocycles. The maximum absolute atomic E-state index is 13.2. The molecule has 0 N–H and O–H groups in total. The van der Waals surface area contributed by atoms with E-state index < -0.39 is 16.6 Å². The second kappa shape index (κ2) is 6.89. The van der Waals surface area contributed by atoms with Crippen LogP contribution in [0.3, 0.4) is 0 Å². The Kier molecular flexibility index (Phi) is 5.80. The summed E-state index contributed by atoms with van der Waals surface area (Å²) in [5.74, 6) is 0.618. The molecule has 2 aliphatic carbocycles. The van der Waals surface area contributed by atoms with Crippen molar-refractivity contribution < 1.29 is 58.9 Å². The quantitative estimate of drug-likeness (QED) is 0.480. The summed E-state index contributed by atoms with van der Waals surface area (Å²) in [5, 5.41) is 2.09. The number of carbonyl (C=O) groups is 1. The van der Waals surface area contributed by atoms with Crippen molar-refractivity contribution in [2.45, 2.75) is 26.2 Å². The number of fused-ring (bicyclic) bond motifs is 4. The standard InChI is InChI=1S/C18H19O3Si2.2ClH.Ti/c1-20-23(5)17-13-10-11-8-6-7-9-12(11)14(13)16(15(19)18(17)23)21-22(2,3)4;;;/h6-9H,1-5H3;2*1H;/q;;;+2/p-2. The van der Waals surface area contributed by atoms with Gasteiger partial charge in [0.25, 0.3) is 0 Å². The van der Waals surface area contributed by atoms with E-state index in [0.717, 1.165) is 16.3 Å². The number of allylic oxidation sites excluding steroid dienone is 4. The summed E-state index contributed by atoms with van der Waals surface area (Å²) < 4.78 is 13.4.